The Kier molecular flexibility index (Phi) is 3.78. The number of hydrogen-bond donors (Lipinski definition) is 0. The van der Waals surface area contributed by atoms with E-state index in [0.717, 1.165) is 0 Å². The van der Waals surface area contributed by atoms with Crippen molar-refractivity contribution in [1.29, 1.82) is 0 Å². The second-order valence-electron chi connectivity index (χ2n) is 0.597. The molecule has 0 unspecified atom stereocenters. The molecule has 0 spiro atoms. The van der Waals surface area contributed by atoms with Crippen LogP contribution in [0.5, 0.6) is 0 Å². The van der Waals surface area contributed by atoms with E-state index in [2.05, 4.69) is 31.9 Å². The van der Waals surface area contributed by atoms with Crippen LogP contribution in [0.15, 0.2) is 11.1 Å². The zero-order valence-corrected chi connectivity index (χ0v) is 5.99. The van der Waals surface area contributed by atoms with Crippen molar-refractivity contribution in [3.8, 4) is 0 Å². The molecule has 0 amide bonds. The molecule has 0 fully saturated rings. The molecule has 0 saturated heterocycles. The highest BCUT2D eigenvalue weighted by molar-refractivity contribution is 9.18. The van der Waals surface area contributed by atoms with E-state index in [0.29, 0.717) is 0 Å². The number of rotatable bonds is 1. The Hall–Kier alpha value is 0.370. The van der Waals surface area contributed by atoms with Gasteiger partial charge in [0.2, 0.25) is 4.69 Å². The summed E-state index contributed by atoms with van der Waals surface area (Å²) < 4.78 is -0.126. The van der Waals surface area contributed by atoms with Gasteiger partial charge in [0.1, 0.15) is 0 Å². The molecule has 0 aliphatic rings. The molecule has 6 heavy (non-hydrogen) atoms. The van der Waals surface area contributed by atoms with E-state index >= 15 is 0 Å². The molecule has 0 rings (SSSR count). The predicted octanol–water partition coefficient (Wildman–Crippen LogP) is 1.82. The van der Waals surface area contributed by atoms with E-state index in [1.165, 1.54) is 11.1 Å². The zero-order valence-electron chi connectivity index (χ0n) is 2.82. The molecular weight excluding hydrogens is 212 g/mol. The maximum atomic E-state index is 9.84. The SMILES string of the molecule is O=C(Br)/C=C/Br. The summed E-state index contributed by atoms with van der Waals surface area (Å²) in [7, 11) is 0. The van der Waals surface area contributed by atoms with Crippen molar-refractivity contribution in [2.75, 3.05) is 0 Å². The van der Waals surface area contributed by atoms with Crippen molar-refractivity contribution in [3.63, 3.8) is 0 Å². The first-order valence-corrected chi connectivity index (χ1v) is 2.94. The molecule has 0 aromatic heterocycles. The highest BCUT2D eigenvalue weighted by atomic mass is 79.9. The average Bonchev–Trinajstić information content (AvgIpc) is 1.35. The quantitative estimate of drug-likeness (QED) is 0.480. The monoisotopic (exact) mass is 212 g/mol. The van der Waals surface area contributed by atoms with Crippen LogP contribution in [0.3, 0.4) is 0 Å². The van der Waals surface area contributed by atoms with Gasteiger partial charge in [0.25, 0.3) is 0 Å². The molecule has 1 nitrogen and oxygen atoms in total. The summed E-state index contributed by atoms with van der Waals surface area (Å²) in [5.41, 5.74) is 0. The Morgan fingerprint density at radius 1 is 1.67 bits per heavy atom. The molecule has 0 atom stereocenters. The first-order chi connectivity index (χ1) is 2.77. The molecule has 0 N–H and O–H groups in total. The lowest BCUT2D eigenvalue weighted by atomic mass is 10.7. The number of carbonyl (C=O) groups is 1. The third kappa shape index (κ3) is 4.37. The van der Waals surface area contributed by atoms with E-state index in [1.807, 2.05) is 0 Å². The average molecular weight is 214 g/mol. The lowest BCUT2D eigenvalue weighted by Crippen LogP contribution is -1.68. The number of allylic oxidation sites excluding steroid dienone is 1. The van der Waals surface area contributed by atoms with Gasteiger partial charge in [-0.25, -0.2) is 0 Å². The number of carbonyl (C=O) groups excluding carboxylic acids is 1. The molecule has 0 aromatic rings. The fraction of sp³-hybridized carbons (Fsp3) is 0. The minimum atomic E-state index is -0.126. The molecule has 0 aliphatic carbocycles. The smallest absolute Gasteiger partial charge is 0.221 e. The van der Waals surface area contributed by atoms with Crippen molar-refractivity contribution < 1.29 is 4.79 Å². The Balaban J connectivity index is 3.30. The summed E-state index contributed by atoms with van der Waals surface area (Å²) in [5, 5.41) is 0. The van der Waals surface area contributed by atoms with Gasteiger partial charge in [-0.1, -0.05) is 15.9 Å². The molecule has 3 heteroatoms. The maximum Gasteiger partial charge on any atom is 0.221 e. The lowest BCUT2D eigenvalue weighted by molar-refractivity contribution is -0.106. The van der Waals surface area contributed by atoms with Crippen molar-refractivity contribution in [1.82, 2.24) is 0 Å². The van der Waals surface area contributed by atoms with Crippen LogP contribution < -0.4 is 0 Å². The number of halogens is 2. The van der Waals surface area contributed by atoms with Gasteiger partial charge in [0, 0.05) is 0 Å². The zero-order chi connectivity index (χ0) is 4.99. The third-order valence-electron chi connectivity index (χ3n) is 0.194. The normalized spacial score (nSPS) is 9.67. The molecule has 34 valence electrons. The largest absolute Gasteiger partial charge is 0.282 e. The molecule has 0 aliphatic heterocycles. The topological polar surface area (TPSA) is 17.1 Å². The first-order valence-electron chi connectivity index (χ1n) is 1.23. The van der Waals surface area contributed by atoms with Crippen molar-refractivity contribution in [2.24, 2.45) is 0 Å². The molecule has 0 heterocycles. The van der Waals surface area contributed by atoms with Gasteiger partial charge in [-0.15, -0.1) is 0 Å². The van der Waals surface area contributed by atoms with Crippen LogP contribution in [0, 0.1) is 0 Å². The predicted molar refractivity (Wildman–Crippen MR) is 32.0 cm³/mol. The summed E-state index contributed by atoms with van der Waals surface area (Å²) >= 11 is 5.60. The van der Waals surface area contributed by atoms with Crippen LogP contribution >= 0.6 is 31.9 Å². The van der Waals surface area contributed by atoms with Gasteiger partial charge >= 0.3 is 0 Å². The summed E-state index contributed by atoms with van der Waals surface area (Å²) in [6.45, 7) is 0. The van der Waals surface area contributed by atoms with E-state index in [-0.39, 0.29) is 4.69 Å². The van der Waals surface area contributed by atoms with Crippen LogP contribution in [-0.4, -0.2) is 4.69 Å². The van der Waals surface area contributed by atoms with Gasteiger partial charge in [-0.3, -0.25) is 4.79 Å². The van der Waals surface area contributed by atoms with E-state index < -0.39 is 0 Å². The Morgan fingerprint density at radius 2 is 2.17 bits per heavy atom. The van der Waals surface area contributed by atoms with Crippen molar-refractivity contribution in [2.45, 2.75) is 0 Å². The van der Waals surface area contributed by atoms with Gasteiger partial charge in [-0.2, -0.15) is 0 Å². The van der Waals surface area contributed by atoms with E-state index in [1.54, 1.807) is 0 Å². The van der Waals surface area contributed by atoms with Gasteiger partial charge < -0.3 is 0 Å². The van der Waals surface area contributed by atoms with E-state index in [9.17, 15) is 4.79 Å². The van der Waals surface area contributed by atoms with Gasteiger partial charge in [0.05, 0.1) is 0 Å². The molecule has 0 aromatic carbocycles. The summed E-state index contributed by atoms with van der Waals surface area (Å²) in [5.74, 6) is 0. The Labute approximate surface area is 52.7 Å². The van der Waals surface area contributed by atoms with Crippen molar-refractivity contribution >= 4 is 36.6 Å². The minimum absolute atomic E-state index is 0.126. The van der Waals surface area contributed by atoms with Crippen LogP contribution in [-0.2, 0) is 4.79 Å². The second-order valence-corrected chi connectivity index (χ2v) is 1.91. The molecule has 0 saturated carbocycles. The second kappa shape index (κ2) is 3.56. The Bertz CT molecular complexity index is 76.9. The summed E-state index contributed by atoms with van der Waals surface area (Å²) in [6.07, 6.45) is 1.36. The summed E-state index contributed by atoms with van der Waals surface area (Å²) in [4.78, 5) is 11.3. The number of hydrogen-bond acceptors (Lipinski definition) is 1. The van der Waals surface area contributed by atoms with Crippen LogP contribution in [0.4, 0.5) is 0 Å². The van der Waals surface area contributed by atoms with Crippen molar-refractivity contribution in [3.05, 3.63) is 11.1 Å². The van der Waals surface area contributed by atoms with Crippen LogP contribution in [0.1, 0.15) is 0 Å². The van der Waals surface area contributed by atoms with Gasteiger partial charge in [0.15, 0.2) is 0 Å². The fourth-order valence-corrected chi connectivity index (χ4v) is 0.776. The third-order valence-corrected chi connectivity index (χ3v) is 0.723. The first kappa shape index (κ1) is 6.37. The van der Waals surface area contributed by atoms with Gasteiger partial charge in [-0.05, 0) is 27.0 Å². The fourth-order valence-electron chi connectivity index (χ4n) is 0.0495. The minimum Gasteiger partial charge on any atom is -0.282 e. The highest BCUT2D eigenvalue weighted by Gasteiger charge is 1.77. The van der Waals surface area contributed by atoms with Crippen LogP contribution in [0.25, 0.3) is 0 Å². The maximum absolute atomic E-state index is 9.84. The molecular formula is C3H2Br2O. The highest BCUT2D eigenvalue weighted by Crippen LogP contribution is 1.88. The summed E-state index contributed by atoms with van der Waals surface area (Å²) in [6, 6.07) is 0. The standard InChI is InChI=1S/C3H2Br2O/c4-2-1-3(5)6/h1-2H/b2-1+. The molecule has 0 radical (unpaired) electrons. The van der Waals surface area contributed by atoms with Crippen LogP contribution in [0.2, 0.25) is 0 Å². The lowest BCUT2D eigenvalue weighted by Gasteiger charge is -1.64. The Morgan fingerprint density at radius 3 is 2.17 bits per heavy atom. The molecule has 0 bridgehead atoms. The van der Waals surface area contributed by atoms with E-state index in [4.69, 9.17) is 0 Å².